The van der Waals surface area contributed by atoms with Gasteiger partial charge in [-0.05, 0) is 48.9 Å². The Morgan fingerprint density at radius 1 is 1.08 bits per heavy atom. The molecule has 1 aromatic carbocycles. The number of esters is 1. The maximum Gasteiger partial charge on any atom is 0.325 e. The van der Waals surface area contributed by atoms with E-state index < -0.39 is 17.9 Å². The molecule has 1 aliphatic heterocycles. The molecule has 1 atom stereocenters. The molecule has 3 rings (SSSR count). The van der Waals surface area contributed by atoms with Crippen molar-refractivity contribution in [1.29, 1.82) is 0 Å². The van der Waals surface area contributed by atoms with Gasteiger partial charge in [-0.2, -0.15) is 0 Å². The number of thiophene rings is 1. The first kappa shape index (κ1) is 30.1. The third-order valence-electron chi connectivity index (χ3n) is 6.54. The summed E-state index contributed by atoms with van der Waals surface area (Å²) in [4.78, 5) is 58.0. The van der Waals surface area contributed by atoms with Crippen LogP contribution in [0, 0.1) is 0 Å². The second kappa shape index (κ2) is 15.2. The molecule has 10 nitrogen and oxygen atoms in total. The summed E-state index contributed by atoms with van der Waals surface area (Å²) < 4.78 is 15.4. The summed E-state index contributed by atoms with van der Waals surface area (Å²) in [5.41, 5.74) is 0.963. The number of nitrogens with zero attached hydrogens (tertiary/aromatic N) is 3. The molecule has 3 amide bonds. The van der Waals surface area contributed by atoms with Crippen LogP contribution in [0.2, 0.25) is 0 Å². The van der Waals surface area contributed by atoms with Crippen LogP contribution in [0.15, 0.2) is 41.8 Å². The van der Waals surface area contributed by atoms with E-state index in [9.17, 15) is 19.2 Å². The summed E-state index contributed by atoms with van der Waals surface area (Å²) in [5.74, 6) is -0.702. The van der Waals surface area contributed by atoms with E-state index in [4.69, 9.17) is 14.2 Å². The first-order valence-electron chi connectivity index (χ1n) is 13.0. The number of ether oxygens (including phenoxy) is 3. The topological polar surface area (TPSA) is 106 Å². The molecule has 2 aromatic rings. The predicted molar refractivity (Wildman–Crippen MR) is 147 cm³/mol. The molecule has 1 aliphatic rings. The van der Waals surface area contributed by atoms with E-state index in [0.29, 0.717) is 19.4 Å². The molecule has 0 radical (unpaired) electrons. The number of rotatable bonds is 15. The Labute approximate surface area is 233 Å². The third-order valence-corrected chi connectivity index (χ3v) is 7.48. The molecule has 1 fully saturated rings. The molecule has 1 aromatic heterocycles. The van der Waals surface area contributed by atoms with Gasteiger partial charge >= 0.3 is 5.97 Å². The number of piperazine rings is 1. The average Bonchev–Trinajstić information content (AvgIpc) is 3.45. The first-order chi connectivity index (χ1) is 18.9. The van der Waals surface area contributed by atoms with E-state index in [1.165, 1.54) is 21.8 Å². The Morgan fingerprint density at radius 2 is 1.85 bits per heavy atom. The molecule has 0 saturated carbocycles. The summed E-state index contributed by atoms with van der Waals surface area (Å²) in [7, 11) is 3.12. The number of hydrogen-bond donors (Lipinski definition) is 0. The van der Waals surface area contributed by atoms with Crippen molar-refractivity contribution < 1.29 is 33.4 Å². The van der Waals surface area contributed by atoms with Crippen LogP contribution < -0.4 is 4.74 Å². The van der Waals surface area contributed by atoms with Gasteiger partial charge < -0.3 is 28.9 Å². The predicted octanol–water partition coefficient (Wildman–Crippen LogP) is 2.01. The van der Waals surface area contributed by atoms with Crippen LogP contribution in [0.25, 0.3) is 0 Å². The monoisotopic (exact) mass is 559 g/mol. The largest absolute Gasteiger partial charge is 0.497 e. The lowest BCUT2D eigenvalue weighted by Gasteiger charge is -2.40. The van der Waals surface area contributed by atoms with Gasteiger partial charge in [-0.25, -0.2) is 0 Å². The van der Waals surface area contributed by atoms with Crippen LogP contribution in [0.3, 0.4) is 0 Å². The van der Waals surface area contributed by atoms with E-state index in [1.54, 1.807) is 25.4 Å². The molecule has 0 N–H and O–H groups in total. The summed E-state index contributed by atoms with van der Waals surface area (Å²) in [5, 5.41) is 1.96. The number of benzene rings is 1. The highest BCUT2D eigenvalue weighted by Gasteiger charge is 2.41. The number of carbonyl (C=O) groups excluding carboxylic acids is 4. The van der Waals surface area contributed by atoms with E-state index in [1.807, 2.05) is 41.8 Å². The molecule has 2 heterocycles. The summed E-state index contributed by atoms with van der Waals surface area (Å²) in [6.07, 6.45) is 0.860. The zero-order valence-corrected chi connectivity index (χ0v) is 23.6. The number of amides is 3. The fourth-order valence-corrected chi connectivity index (χ4v) is 5.11. The van der Waals surface area contributed by atoms with Gasteiger partial charge in [0.2, 0.25) is 17.7 Å². The Morgan fingerprint density at radius 3 is 2.49 bits per heavy atom. The van der Waals surface area contributed by atoms with Gasteiger partial charge in [-0.15, -0.1) is 11.3 Å². The summed E-state index contributed by atoms with van der Waals surface area (Å²) >= 11 is 1.58. The van der Waals surface area contributed by atoms with E-state index in [0.717, 1.165) is 16.2 Å². The van der Waals surface area contributed by atoms with Gasteiger partial charge in [-0.3, -0.25) is 19.2 Å². The van der Waals surface area contributed by atoms with Crippen LogP contribution in [0.5, 0.6) is 5.75 Å². The Kier molecular flexibility index (Phi) is 11.8. The zero-order valence-electron chi connectivity index (χ0n) is 22.8. The van der Waals surface area contributed by atoms with Gasteiger partial charge in [0.25, 0.3) is 0 Å². The van der Waals surface area contributed by atoms with Crippen molar-refractivity contribution in [3.8, 4) is 5.75 Å². The SMILES string of the molecule is CCOC(=O)CN(CCc1ccc(OC)cc1)C(=O)CC1C(=O)N(CCOC)CC(=O)N1CCc1cccs1. The Hall–Kier alpha value is -3.44. The molecule has 0 spiro atoms. The standard InChI is InChI=1S/C28H37N3O7S/c1-4-38-27(34)20-29(13-11-21-7-9-22(37-3)10-8-21)25(32)18-24-28(35)30(15-16-36-2)19-26(33)31(24)14-12-23-6-5-17-39-23/h5-10,17,24H,4,11-16,18-20H2,1-3H3. The minimum Gasteiger partial charge on any atom is -0.497 e. The zero-order chi connectivity index (χ0) is 28.2. The maximum absolute atomic E-state index is 13.6. The molecule has 11 heteroatoms. The fourth-order valence-electron chi connectivity index (χ4n) is 4.41. The van der Waals surface area contributed by atoms with Gasteiger partial charge in [0.15, 0.2) is 0 Å². The van der Waals surface area contributed by atoms with Gasteiger partial charge in [-0.1, -0.05) is 18.2 Å². The average molecular weight is 560 g/mol. The van der Waals surface area contributed by atoms with Crippen molar-refractivity contribution in [3.05, 3.63) is 52.2 Å². The highest BCUT2D eigenvalue weighted by Crippen LogP contribution is 2.20. The van der Waals surface area contributed by atoms with Crippen molar-refractivity contribution in [2.24, 2.45) is 0 Å². The van der Waals surface area contributed by atoms with Crippen molar-refractivity contribution >= 4 is 35.0 Å². The van der Waals surface area contributed by atoms with Crippen molar-refractivity contribution in [2.75, 3.05) is 60.2 Å². The van der Waals surface area contributed by atoms with E-state index in [2.05, 4.69) is 0 Å². The van der Waals surface area contributed by atoms with Crippen molar-refractivity contribution in [3.63, 3.8) is 0 Å². The molecule has 1 saturated heterocycles. The number of hydrogen-bond acceptors (Lipinski definition) is 8. The summed E-state index contributed by atoms with van der Waals surface area (Å²) in [6.45, 7) is 2.72. The Bertz CT molecular complexity index is 1090. The van der Waals surface area contributed by atoms with E-state index in [-0.39, 0.29) is 57.6 Å². The smallest absolute Gasteiger partial charge is 0.325 e. The molecular formula is C28H37N3O7S. The molecule has 0 bridgehead atoms. The maximum atomic E-state index is 13.6. The lowest BCUT2D eigenvalue weighted by Crippen LogP contribution is -2.61. The number of methoxy groups -OCH3 is 2. The molecule has 39 heavy (non-hydrogen) atoms. The van der Waals surface area contributed by atoms with Gasteiger partial charge in [0, 0.05) is 31.6 Å². The third kappa shape index (κ3) is 8.79. The minimum atomic E-state index is -0.957. The fraction of sp³-hybridized carbons (Fsp3) is 0.500. The number of carbonyl (C=O) groups is 4. The summed E-state index contributed by atoms with van der Waals surface area (Å²) in [6, 6.07) is 10.4. The second-order valence-electron chi connectivity index (χ2n) is 9.11. The molecule has 1 unspecified atom stereocenters. The minimum absolute atomic E-state index is 0.0542. The van der Waals surface area contributed by atoms with E-state index >= 15 is 0 Å². The molecule has 212 valence electrons. The Balaban J connectivity index is 1.77. The van der Waals surface area contributed by atoms with Crippen LogP contribution >= 0.6 is 11.3 Å². The van der Waals surface area contributed by atoms with Crippen molar-refractivity contribution in [2.45, 2.75) is 32.2 Å². The molecule has 0 aliphatic carbocycles. The molecular weight excluding hydrogens is 522 g/mol. The quantitative estimate of drug-likeness (QED) is 0.308. The van der Waals surface area contributed by atoms with Crippen LogP contribution in [-0.2, 0) is 41.5 Å². The van der Waals surface area contributed by atoms with Crippen LogP contribution in [0.1, 0.15) is 23.8 Å². The highest BCUT2D eigenvalue weighted by molar-refractivity contribution is 7.09. The van der Waals surface area contributed by atoms with Gasteiger partial charge in [0.1, 0.15) is 18.3 Å². The van der Waals surface area contributed by atoms with Crippen molar-refractivity contribution in [1.82, 2.24) is 14.7 Å². The lowest BCUT2D eigenvalue weighted by molar-refractivity contribution is -0.159. The van der Waals surface area contributed by atoms with Gasteiger partial charge in [0.05, 0.1) is 33.3 Å². The second-order valence-corrected chi connectivity index (χ2v) is 10.1. The van der Waals surface area contributed by atoms with Crippen LogP contribution in [0.4, 0.5) is 0 Å². The van der Waals surface area contributed by atoms with Crippen LogP contribution in [-0.4, -0.2) is 105 Å². The normalized spacial score (nSPS) is 15.4. The first-order valence-corrected chi connectivity index (χ1v) is 13.9. The lowest BCUT2D eigenvalue weighted by atomic mass is 10.0. The highest BCUT2D eigenvalue weighted by atomic mass is 32.1.